The summed E-state index contributed by atoms with van der Waals surface area (Å²) in [6.07, 6.45) is 7.30. The van der Waals surface area contributed by atoms with Crippen molar-refractivity contribution in [3.05, 3.63) is 59.4 Å². The quantitative estimate of drug-likeness (QED) is 0.745. The highest BCUT2D eigenvalue weighted by Crippen LogP contribution is 2.64. The molecule has 1 aromatic carbocycles. The SMILES string of the molecule is C[C@@H](/C=C/S(C)(=O)=O)NC(=O)c1cnc(C23CC(C2)C3)nc1Oc1ccccc1.[HH]. The molecule has 1 heterocycles. The van der Waals surface area contributed by atoms with Crippen molar-refractivity contribution in [2.24, 2.45) is 5.92 Å². The van der Waals surface area contributed by atoms with E-state index in [2.05, 4.69) is 15.3 Å². The molecule has 5 rings (SSSR count). The number of aromatic nitrogens is 2. The van der Waals surface area contributed by atoms with Gasteiger partial charge in [0, 0.05) is 30.7 Å². The van der Waals surface area contributed by atoms with Crippen molar-refractivity contribution in [3.63, 3.8) is 0 Å². The van der Waals surface area contributed by atoms with Crippen molar-refractivity contribution in [1.82, 2.24) is 15.3 Å². The fourth-order valence-electron chi connectivity index (χ4n) is 3.80. The molecule has 1 atom stereocenters. The number of carbonyl (C=O) groups is 1. The fourth-order valence-corrected chi connectivity index (χ4v) is 4.32. The molecule has 7 nitrogen and oxygen atoms in total. The first-order valence-corrected chi connectivity index (χ1v) is 11.5. The maximum Gasteiger partial charge on any atom is 0.258 e. The summed E-state index contributed by atoms with van der Waals surface area (Å²) in [5.41, 5.74) is 0.254. The van der Waals surface area contributed by atoms with Crippen LogP contribution in [-0.2, 0) is 15.3 Å². The smallest absolute Gasteiger partial charge is 0.258 e. The molecule has 29 heavy (non-hydrogen) atoms. The number of amides is 1. The summed E-state index contributed by atoms with van der Waals surface area (Å²) in [4.78, 5) is 21.9. The third kappa shape index (κ3) is 4.17. The lowest BCUT2D eigenvalue weighted by Crippen LogP contribution is -2.56. The van der Waals surface area contributed by atoms with E-state index in [0.29, 0.717) is 5.75 Å². The van der Waals surface area contributed by atoms with Crippen molar-refractivity contribution in [2.45, 2.75) is 37.6 Å². The van der Waals surface area contributed by atoms with Crippen LogP contribution in [0, 0.1) is 5.92 Å². The summed E-state index contributed by atoms with van der Waals surface area (Å²) >= 11 is 0. The third-order valence-corrected chi connectivity index (χ3v) is 6.09. The van der Waals surface area contributed by atoms with E-state index in [1.165, 1.54) is 12.3 Å². The van der Waals surface area contributed by atoms with Crippen LogP contribution in [0.3, 0.4) is 0 Å². The summed E-state index contributed by atoms with van der Waals surface area (Å²) in [5, 5.41) is 3.81. The Morgan fingerprint density at radius 1 is 1.31 bits per heavy atom. The molecular formula is C21H25N3O4S. The second-order valence-corrected chi connectivity index (χ2v) is 9.94. The molecule has 0 radical (unpaired) electrons. The van der Waals surface area contributed by atoms with Gasteiger partial charge in [0.15, 0.2) is 9.84 Å². The molecule has 0 unspecified atom stereocenters. The average molecular weight is 416 g/mol. The highest BCUT2D eigenvalue weighted by molar-refractivity contribution is 7.93. The van der Waals surface area contributed by atoms with Crippen LogP contribution in [0.4, 0.5) is 0 Å². The predicted octanol–water partition coefficient (Wildman–Crippen LogP) is 3.24. The second kappa shape index (κ2) is 7.26. The van der Waals surface area contributed by atoms with Crippen LogP contribution >= 0.6 is 0 Å². The summed E-state index contributed by atoms with van der Waals surface area (Å²) in [6.45, 7) is 1.69. The van der Waals surface area contributed by atoms with Crippen molar-refractivity contribution in [1.29, 1.82) is 0 Å². The van der Waals surface area contributed by atoms with E-state index < -0.39 is 21.8 Å². The van der Waals surface area contributed by atoms with E-state index in [1.54, 1.807) is 19.1 Å². The maximum absolute atomic E-state index is 12.8. The molecule has 1 N–H and O–H groups in total. The van der Waals surface area contributed by atoms with E-state index in [-0.39, 0.29) is 18.3 Å². The molecule has 1 amide bonds. The molecule has 0 saturated heterocycles. The molecule has 2 bridgehead atoms. The Hall–Kier alpha value is -2.74. The Morgan fingerprint density at radius 3 is 2.59 bits per heavy atom. The first-order chi connectivity index (χ1) is 13.7. The van der Waals surface area contributed by atoms with E-state index >= 15 is 0 Å². The van der Waals surface area contributed by atoms with Gasteiger partial charge in [-0.05, 0) is 44.2 Å². The maximum atomic E-state index is 12.8. The molecule has 0 spiro atoms. The van der Waals surface area contributed by atoms with Gasteiger partial charge in [-0.2, -0.15) is 4.98 Å². The summed E-state index contributed by atoms with van der Waals surface area (Å²) in [7, 11) is -3.26. The van der Waals surface area contributed by atoms with Crippen LogP contribution in [-0.4, -0.2) is 36.6 Å². The number of carbonyl (C=O) groups excluding carboxylic acids is 1. The van der Waals surface area contributed by atoms with Gasteiger partial charge < -0.3 is 10.1 Å². The summed E-state index contributed by atoms with van der Waals surface area (Å²) < 4.78 is 28.5. The van der Waals surface area contributed by atoms with Crippen LogP contribution in [0.2, 0.25) is 0 Å². The Balaban J connectivity index is 0.00000256. The minimum Gasteiger partial charge on any atom is -0.438 e. The standard InChI is InChI=1S/C21H23N3O4S.H2/c1-14(8-9-29(2,26)27)23-18(25)17-13-22-20(21-10-15(11-21)12-21)24-19(17)28-16-6-4-3-5-7-16;/h3-9,13-15H,10-12H2,1-2H3,(H,23,25);1H/b9-8+;/t14-,15?,21?;/m0./s1. The van der Waals surface area contributed by atoms with Crippen LogP contribution in [0.15, 0.2) is 48.0 Å². The first-order valence-electron chi connectivity index (χ1n) is 9.54. The largest absolute Gasteiger partial charge is 0.438 e. The van der Waals surface area contributed by atoms with Crippen molar-refractivity contribution >= 4 is 15.7 Å². The van der Waals surface area contributed by atoms with Gasteiger partial charge in [-0.25, -0.2) is 13.4 Å². The topological polar surface area (TPSA) is 98.2 Å². The first kappa shape index (κ1) is 19.6. The lowest BCUT2D eigenvalue weighted by Gasteiger charge is -2.60. The van der Waals surface area contributed by atoms with E-state index in [4.69, 9.17) is 4.74 Å². The molecular weight excluding hydrogens is 390 g/mol. The second-order valence-electron chi connectivity index (χ2n) is 8.01. The minimum absolute atomic E-state index is 0. The van der Waals surface area contributed by atoms with Crippen molar-refractivity contribution < 1.29 is 19.4 Å². The van der Waals surface area contributed by atoms with Gasteiger partial charge in [0.05, 0.1) is 0 Å². The van der Waals surface area contributed by atoms with E-state index in [9.17, 15) is 13.2 Å². The van der Waals surface area contributed by atoms with Crippen molar-refractivity contribution in [2.75, 3.05) is 6.26 Å². The number of sulfone groups is 1. The van der Waals surface area contributed by atoms with Gasteiger partial charge in [-0.15, -0.1) is 0 Å². The summed E-state index contributed by atoms with van der Waals surface area (Å²) in [5.74, 6) is 1.87. The zero-order chi connectivity index (χ0) is 20.6. The highest BCUT2D eigenvalue weighted by atomic mass is 32.2. The van der Waals surface area contributed by atoms with Gasteiger partial charge in [-0.3, -0.25) is 4.79 Å². The Morgan fingerprint density at radius 2 is 2.00 bits per heavy atom. The highest BCUT2D eigenvalue weighted by Gasteiger charge is 2.59. The number of rotatable bonds is 7. The lowest BCUT2D eigenvalue weighted by atomic mass is 9.44. The normalized spacial score (nSPS) is 23.7. The van der Waals surface area contributed by atoms with E-state index in [1.807, 2.05) is 18.2 Å². The molecule has 2 aromatic rings. The number of nitrogens with zero attached hydrogens (tertiary/aromatic N) is 2. The van der Waals surface area contributed by atoms with Crippen molar-refractivity contribution in [3.8, 4) is 11.6 Å². The zero-order valence-electron chi connectivity index (χ0n) is 16.3. The molecule has 3 aliphatic carbocycles. The minimum atomic E-state index is -3.26. The lowest BCUT2D eigenvalue weighted by molar-refractivity contribution is -0.0349. The molecule has 0 aliphatic heterocycles. The van der Waals surface area contributed by atoms with Gasteiger partial charge in [0.25, 0.3) is 5.91 Å². The fraction of sp³-hybridized carbons (Fsp3) is 0.381. The van der Waals surface area contributed by atoms with Gasteiger partial charge in [0.1, 0.15) is 17.1 Å². The number of hydrogen-bond acceptors (Lipinski definition) is 6. The predicted molar refractivity (Wildman–Crippen MR) is 111 cm³/mol. The average Bonchev–Trinajstić information content (AvgIpc) is 2.58. The van der Waals surface area contributed by atoms with Gasteiger partial charge >= 0.3 is 0 Å². The molecule has 3 aliphatic rings. The molecule has 3 fully saturated rings. The Labute approximate surface area is 171 Å². The number of hydrogen-bond donors (Lipinski definition) is 1. The van der Waals surface area contributed by atoms with Crippen LogP contribution in [0.25, 0.3) is 0 Å². The van der Waals surface area contributed by atoms with E-state index in [0.717, 1.165) is 42.7 Å². The molecule has 1 aromatic heterocycles. The summed E-state index contributed by atoms with van der Waals surface area (Å²) in [6, 6.07) is 8.67. The third-order valence-electron chi connectivity index (χ3n) is 5.44. The van der Waals surface area contributed by atoms with Gasteiger partial charge in [0.2, 0.25) is 5.88 Å². The molecule has 3 saturated carbocycles. The molecule has 154 valence electrons. The van der Waals surface area contributed by atoms with Crippen LogP contribution in [0.5, 0.6) is 11.6 Å². The number of ether oxygens (including phenoxy) is 1. The molecule has 8 heteroatoms. The zero-order valence-corrected chi connectivity index (χ0v) is 17.1. The number of para-hydroxylation sites is 1. The monoisotopic (exact) mass is 415 g/mol. The van der Waals surface area contributed by atoms with Gasteiger partial charge in [-0.1, -0.05) is 24.3 Å². The van der Waals surface area contributed by atoms with Crippen LogP contribution < -0.4 is 10.1 Å². The Bertz CT molecular complexity index is 1060. The number of nitrogens with one attached hydrogen (secondary N) is 1. The Kier molecular flexibility index (Phi) is 4.90. The van der Waals surface area contributed by atoms with Crippen LogP contribution in [0.1, 0.15) is 43.8 Å². The number of benzene rings is 1.